The average molecular weight is 474 g/mol. The molecule has 1 heterocycles. The summed E-state index contributed by atoms with van der Waals surface area (Å²) in [5.74, 6) is -0.479. The van der Waals surface area contributed by atoms with Gasteiger partial charge >= 0.3 is 7.60 Å². The highest BCUT2D eigenvalue weighted by atomic mass is 32.2. The van der Waals surface area contributed by atoms with Gasteiger partial charge in [0, 0.05) is 30.4 Å². The number of aromatic nitrogens is 2. The minimum absolute atomic E-state index is 0.00770. The van der Waals surface area contributed by atoms with Crippen molar-refractivity contribution in [2.75, 3.05) is 30.8 Å². The van der Waals surface area contributed by atoms with Crippen LogP contribution in [0.15, 0.2) is 59.6 Å². The summed E-state index contributed by atoms with van der Waals surface area (Å²) in [4.78, 5) is 22.0. The molecule has 0 aliphatic carbocycles. The first kappa shape index (κ1) is 23.9. The van der Waals surface area contributed by atoms with E-state index in [0.29, 0.717) is 11.4 Å². The maximum Gasteiger partial charge on any atom is 0.340 e. The van der Waals surface area contributed by atoms with Crippen molar-refractivity contribution in [3.05, 3.63) is 66.0 Å². The van der Waals surface area contributed by atoms with Crippen LogP contribution in [-0.4, -0.2) is 40.7 Å². The van der Waals surface area contributed by atoms with Gasteiger partial charge in [-0.15, -0.1) is 11.8 Å². The number of nitrogen functional groups attached to an aromatic ring is 1. The number of aliphatic hydroxyl groups excluding tert-OH is 1. The molecule has 1 aromatic heterocycles. The molecule has 0 aliphatic heterocycles. The molecule has 0 aliphatic rings. The van der Waals surface area contributed by atoms with Crippen molar-refractivity contribution in [1.29, 1.82) is 0 Å². The van der Waals surface area contributed by atoms with Gasteiger partial charge in [0.1, 0.15) is 5.49 Å². The Morgan fingerprint density at radius 1 is 1.12 bits per heavy atom. The fraction of sp³-hybridized carbons (Fsp3) is 0.190. The van der Waals surface area contributed by atoms with E-state index in [4.69, 9.17) is 14.8 Å². The predicted octanol–water partition coefficient (Wildman–Crippen LogP) is 4.01. The molecule has 2 aromatic carbocycles. The van der Waals surface area contributed by atoms with E-state index in [9.17, 15) is 14.5 Å². The molecule has 9 nitrogen and oxygen atoms in total. The minimum atomic E-state index is -3.11. The smallest absolute Gasteiger partial charge is 0.340 e. The van der Waals surface area contributed by atoms with E-state index < -0.39 is 13.5 Å². The summed E-state index contributed by atoms with van der Waals surface area (Å²) in [6, 6.07) is 14.1. The lowest BCUT2D eigenvalue weighted by Crippen LogP contribution is -2.17. The van der Waals surface area contributed by atoms with Crippen molar-refractivity contribution in [2.45, 2.75) is 11.5 Å². The topological polar surface area (TPSA) is 137 Å². The van der Waals surface area contributed by atoms with Gasteiger partial charge in [-0.3, -0.25) is 9.36 Å². The Bertz CT molecular complexity index is 1120. The van der Waals surface area contributed by atoms with Crippen LogP contribution in [0.5, 0.6) is 0 Å². The van der Waals surface area contributed by atoms with E-state index in [1.54, 1.807) is 48.5 Å². The van der Waals surface area contributed by atoms with Gasteiger partial charge in [-0.05, 0) is 29.8 Å². The third kappa shape index (κ3) is 5.93. The number of nitrogens with two attached hydrogens (primary N) is 1. The van der Waals surface area contributed by atoms with Crippen molar-refractivity contribution in [3.63, 3.8) is 0 Å². The lowest BCUT2D eigenvalue weighted by Gasteiger charge is -2.13. The van der Waals surface area contributed by atoms with E-state index >= 15 is 0 Å². The van der Waals surface area contributed by atoms with Crippen LogP contribution < -0.4 is 11.1 Å². The number of nitrogens with zero attached hydrogens (tertiary/aromatic N) is 2. The molecule has 4 N–H and O–H groups in total. The maximum absolute atomic E-state index is 12.7. The Balaban J connectivity index is 1.70. The molecule has 3 aromatic rings. The molecule has 0 saturated heterocycles. The Kier molecular flexibility index (Phi) is 8.00. The van der Waals surface area contributed by atoms with Crippen molar-refractivity contribution in [2.24, 2.45) is 0 Å². The standard InChI is InChI=1S/C21H23N4O5PS/c1-29-31(28,30-2)13-32-17-9-7-16(8-10-17)24-21(27)19-20(22)23-11-18(25-19)15-5-3-14(12-26)4-6-15/h3-11,26H,12-13H2,1-2H3,(H2,22,23)(H,24,27). The van der Waals surface area contributed by atoms with Gasteiger partial charge in [-0.1, -0.05) is 24.3 Å². The van der Waals surface area contributed by atoms with Crippen molar-refractivity contribution in [1.82, 2.24) is 9.97 Å². The lowest BCUT2D eigenvalue weighted by atomic mass is 10.1. The lowest BCUT2D eigenvalue weighted by molar-refractivity contribution is 0.102. The average Bonchev–Trinajstić information content (AvgIpc) is 2.83. The normalized spacial score (nSPS) is 11.3. The molecule has 32 heavy (non-hydrogen) atoms. The highest BCUT2D eigenvalue weighted by Gasteiger charge is 2.21. The van der Waals surface area contributed by atoms with Gasteiger partial charge in [0.05, 0.1) is 18.5 Å². The van der Waals surface area contributed by atoms with Crippen molar-refractivity contribution < 1.29 is 23.5 Å². The number of rotatable bonds is 9. The Hall–Kier alpha value is -2.75. The zero-order valence-corrected chi connectivity index (χ0v) is 19.2. The molecular formula is C21H23N4O5PS. The second kappa shape index (κ2) is 10.7. The van der Waals surface area contributed by atoms with Crippen molar-refractivity contribution >= 4 is 36.8 Å². The summed E-state index contributed by atoms with van der Waals surface area (Å²) in [7, 11) is -0.421. The summed E-state index contributed by atoms with van der Waals surface area (Å²) < 4.78 is 22.0. The summed E-state index contributed by atoms with van der Waals surface area (Å²) in [6.07, 6.45) is 1.49. The highest BCUT2D eigenvalue weighted by Crippen LogP contribution is 2.50. The molecule has 0 saturated carbocycles. The largest absolute Gasteiger partial charge is 0.392 e. The van der Waals surface area contributed by atoms with Crippen LogP contribution in [0.1, 0.15) is 16.1 Å². The number of carbonyl (C=O) groups is 1. The van der Waals surface area contributed by atoms with Crippen LogP contribution in [0.4, 0.5) is 11.5 Å². The van der Waals surface area contributed by atoms with Gasteiger partial charge in [0.15, 0.2) is 11.5 Å². The molecule has 0 atom stereocenters. The van der Waals surface area contributed by atoms with Gasteiger partial charge in [-0.25, -0.2) is 9.97 Å². The number of nitrogens with one attached hydrogen (secondary N) is 1. The first-order chi connectivity index (χ1) is 15.4. The molecule has 3 rings (SSSR count). The molecule has 0 spiro atoms. The zero-order valence-electron chi connectivity index (χ0n) is 17.5. The second-order valence-corrected chi connectivity index (χ2v) is 10.3. The molecule has 168 valence electrons. The molecule has 11 heteroatoms. The van der Waals surface area contributed by atoms with Gasteiger partial charge < -0.3 is 25.2 Å². The molecule has 0 unspecified atom stereocenters. The number of thioether (sulfide) groups is 1. The van der Waals surface area contributed by atoms with Crippen LogP contribution >= 0.6 is 19.4 Å². The fourth-order valence-electron chi connectivity index (χ4n) is 2.64. The number of aliphatic hydroxyl groups is 1. The fourth-order valence-corrected chi connectivity index (χ4v) is 5.19. The monoisotopic (exact) mass is 474 g/mol. The van der Waals surface area contributed by atoms with Crippen LogP contribution in [0.25, 0.3) is 11.3 Å². The quantitative estimate of drug-likeness (QED) is 0.310. The number of anilines is 2. The number of hydrogen-bond acceptors (Lipinski definition) is 9. The van der Waals surface area contributed by atoms with Crippen LogP contribution in [0.2, 0.25) is 0 Å². The summed E-state index contributed by atoms with van der Waals surface area (Å²) in [5.41, 5.74) is 8.60. The van der Waals surface area contributed by atoms with E-state index in [1.807, 2.05) is 0 Å². The van der Waals surface area contributed by atoms with E-state index in [0.717, 1.165) is 16.0 Å². The number of amides is 1. The Labute approximate surface area is 189 Å². The molecular weight excluding hydrogens is 451 g/mol. The first-order valence-corrected chi connectivity index (χ1v) is 12.2. The summed E-state index contributed by atoms with van der Waals surface area (Å²) in [5, 5.41) is 11.9. The van der Waals surface area contributed by atoms with Crippen LogP contribution in [-0.2, 0) is 20.2 Å². The maximum atomic E-state index is 12.7. The van der Waals surface area contributed by atoms with Gasteiger partial charge in [0.25, 0.3) is 5.91 Å². The van der Waals surface area contributed by atoms with E-state index in [1.165, 1.54) is 32.2 Å². The number of hydrogen-bond donors (Lipinski definition) is 3. The van der Waals surface area contributed by atoms with Crippen LogP contribution in [0, 0.1) is 0 Å². The first-order valence-electron chi connectivity index (χ1n) is 9.45. The summed E-state index contributed by atoms with van der Waals surface area (Å²) in [6.45, 7) is -0.0588. The highest BCUT2D eigenvalue weighted by molar-refractivity contribution is 8.04. The van der Waals surface area contributed by atoms with Gasteiger partial charge in [-0.2, -0.15) is 0 Å². The van der Waals surface area contributed by atoms with Gasteiger partial charge in [0.2, 0.25) is 0 Å². The molecule has 0 fully saturated rings. The molecule has 1 amide bonds. The van der Waals surface area contributed by atoms with E-state index in [-0.39, 0.29) is 23.6 Å². The molecule has 0 radical (unpaired) electrons. The minimum Gasteiger partial charge on any atom is -0.392 e. The Morgan fingerprint density at radius 3 is 2.38 bits per heavy atom. The van der Waals surface area contributed by atoms with E-state index in [2.05, 4.69) is 15.3 Å². The van der Waals surface area contributed by atoms with Crippen molar-refractivity contribution in [3.8, 4) is 11.3 Å². The Morgan fingerprint density at radius 2 is 1.78 bits per heavy atom. The number of carbonyl (C=O) groups excluding carboxylic acids is 1. The predicted molar refractivity (Wildman–Crippen MR) is 125 cm³/mol. The SMILES string of the molecule is COP(=O)(CSc1ccc(NC(=O)c2nc(-c3ccc(CO)cc3)cnc2N)cc1)OC. The third-order valence-corrected chi connectivity index (χ3v) is 8.01. The third-order valence-electron chi connectivity index (χ3n) is 4.51. The van der Waals surface area contributed by atoms with Crippen LogP contribution in [0.3, 0.4) is 0 Å². The second-order valence-electron chi connectivity index (χ2n) is 6.57. The molecule has 0 bridgehead atoms. The number of benzene rings is 2. The summed E-state index contributed by atoms with van der Waals surface area (Å²) >= 11 is 1.32. The zero-order chi connectivity index (χ0) is 23.1.